The van der Waals surface area contributed by atoms with E-state index in [-0.39, 0.29) is 40.3 Å². The zero-order chi connectivity index (χ0) is 25.3. The molecule has 2 aromatic carbocycles. The molecule has 1 aliphatic carbocycles. The van der Waals surface area contributed by atoms with Crippen LogP contribution in [0.15, 0.2) is 53.4 Å². The molecular weight excluding hydrogens is 468 g/mol. The number of hydrogen-bond acceptors (Lipinski definition) is 7. The Morgan fingerprint density at radius 2 is 1.74 bits per heavy atom. The van der Waals surface area contributed by atoms with Gasteiger partial charge in [-0.15, -0.1) is 0 Å². The molecular formula is C25H28N4O5S. The number of sulfonamides is 1. The minimum absolute atomic E-state index is 0.0508. The summed E-state index contributed by atoms with van der Waals surface area (Å²) < 4.78 is 33.8. The summed E-state index contributed by atoms with van der Waals surface area (Å²) in [6.45, 7) is 3.81. The number of anilines is 1. The molecule has 35 heavy (non-hydrogen) atoms. The minimum atomic E-state index is -4.13. The van der Waals surface area contributed by atoms with Crippen molar-refractivity contribution in [2.75, 3.05) is 18.9 Å². The van der Waals surface area contributed by atoms with Crippen LogP contribution in [0, 0.1) is 13.8 Å². The molecule has 1 heterocycles. The number of hydrogen-bond donors (Lipinski definition) is 2. The molecule has 0 spiro atoms. The first-order valence-corrected chi connectivity index (χ1v) is 12.6. The van der Waals surface area contributed by atoms with Gasteiger partial charge in [0.05, 0.1) is 16.7 Å². The highest BCUT2D eigenvalue weighted by molar-refractivity contribution is 7.92. The van der Waals surface area contributed by atoms with Crippen LogP contribution in [0.3, 0.4) is 0 Å². The molecule has 0 aliphatic heterocycles. The van der Waals surface area contributed by atoms with E-state index < -0.39 is 10.0 Å². The maximum absolute atomic E-state index is 13.1. The summed E-state index contributed by atoms with van der Waals surface area (Å²) in [5.41, 5.74) is 3.29. The minimum Gasteiger partial charge on any atom is -0.493 e. The quantitative estimate of drug-likeness (QED) is 0.513. The fourth-order valence-electron chi connectivity index (χ4n) is 4.22. The molecule has 4 rings (SSSR count). The first kappa shape index (κ1) is 24.6. The molecule has 1 aliphatic rings. The number of rotatable bonds is 7. The molecule has 0 atom stereocenters. The number of aromatic hydroxyl groups is 1. The molecule has 1 saturated carbocycles. The highest BCUT2D eigenvalue weighted by atomic mass is 32.2. The highest BCUT2D eigenvalue weighted by Gasteiger charge is 2.34. The molecule has 3 aromatic rings. The van der Waals surface area contributed by atoms with Crippen molar-refractivity contribution in [1.82, 2.24) is 14.9 Å². The average molecular weight is 497 g/mol. The lowest BCUT2D eigenvalue weighted by atomic mass is 9.88. The van der Waals surface area contributed by atoms with Gasteiger partial charge in [-0.2, -0.15) is 4.98 Å². The Hall–Kier alpha value is -3.50. The second-order valence-electron chi connectivity index (χ2n) is 8.73. The van der Waals surface area contributed by atoms with Gasteiger partial charge in [-0.05, 0) is 56.0 Å². The molecule has 2 N–H and O–H groups in total. The van der Waals surface area contributed by atoms with E-state index in [1.165, 1.54) is 24.3 Å². The molecule has 0 bridgehead atoms. The largest absolute Gasteiger partial charge is 0.493 e. The van der Waals surface area contributed by atoms with Gasteiger partial charge in [0, 0.05) is 37.4 Å². The molecule has 0 unspecified atom stereocenters. The number of aromatic nitrogens is 2. The molecule has 1 aromatic heterocycles. The van der Waals surface area contributed by atoms with Crippen LogP contribution in [0.2, 0.25) is 0 Å². The molecule has 1 fully saturated rings. The predicted octanol–water partition coefficient (Wildman–Crippen LogP) is 3.52. The molecule has 0 radical (unpaired) electrons. The van der Waals surface area contributed by atoms with Crippen molar-refractivity contribution in [3.63, 3.8) is 0 Å². The molecule has 0 saturated heterocycles. The van der Waals surface area contributed by atoms with E-state index in [9.17, 15) is 18.3 Å². The number of nitrogens with zero attached hydrogens (tertiary/aromatic N) is 3. The second kappa shape index (κ2) is 9.63. The Labute approximate surface area is 204 Å². The number of methoxy groups -OCH3 is 1. The number of carbonyl (C=O) groups is 1. The average Bonchev–Trinajstić information content (AvgIpc) is 2.77. The molecule has 184 valence electrons. The number of amides is 1. The lowest BCUT2D eigenvalue weighted by molar-refractivity contribution is -0.0144. The fraction of sp³-hybridized carbons (Fsp3) is 0.320. The summed E-state index contributed by atoms with van der Waals surface area (Å²) >= 11 is 0. The van der Waals surface area contributed by atoms with Crippen LogP contribution in [0.25, 0.3) is 11.3 Å². The van der Waals surface area contributed by atoms with Crippen molar-refractivity contribution in [2.45, 2.75) is 43.7 Å². The van der Waals surface area contributed by atoms with Crippen molar-refractivity contribution in [2.24, 2.45) is 0 Å². The number of ether oxygens (including phenoxy) is 1. The summed E-state index contributed by atoms with van der Waals surface area (Å²) in [6, 6.07) is 13.0. The molecule has 10 heteroatoms. The first-order valence-electron chi connectivity index (χ1n) is 11.2. The van der Waals surface area contributed by atoms with E-state index in [0.29, 0.717) is 5.69 Å². The third-order valence-corrected chi connectivity index (χ3v) is 7.66. The number of benzene rings is 2. The lowest BCUT2D eigenvalue weighted by Crippen LogP contribution is -2.48. The van der Waals surface area contributed by atoms with Crippen LogP contribution in [0.1, 0.15) is 34.3 Å². The molecule has 9 nitrogen and oxygen atoms in total. The van der Waals surface area contributed by atoms with Crippen molar-refractivity contribution >= 4 is 21.9 Å². The number of aryl methyl sites for hydroxylation is 2. The van der Waals surface area contributed by atoms with Gasteiger partial charge in [0.15, 0.2) is 0 Å². The summed E-state index contributed by atoms with van der Waals surface area (Å²) in [6.07, 6.45) is 1.63. The van der Waals surface area contributed by atoms with Crippen LogP contribution < -0.4 is 4.72 Å². The Balaban J connectivity index is 1.58. The summed E-state index contributed by atoms with van der Waals surface area (Å²) in [5.74, 6) is -0.903. The third-order valence-electron chi connectivity index (χ3n) is 6.34. The van der Waals surface area contributed by atoms with Crippen molar-refractivity contribution in [3.8, 4) is 17.1 Å². The van der Waals surface area contributed by atoms with Gasteiger partial charge < -0.3 is 14.7 Å². The van der Waals surface area contributed by atoms with Gasteiger partial charge in [0.1, 0.15) is 0 Å². The van der Waals surface area contributed by atoms with Gasteiger partial charge in [0.25, 0.3) is 15.9 Å². The van der Waals surface area contributed by atoms with Crippen LogP contribution in [-0.4, -0.2) is 60.6 Å². The standard InChI is InChI=1S/C25H28N4O5S/c1-15-7-5-8-16(2)23(15)21-14-22(30)27-25(26-21)28-35(32,33)20-10-6-9-17(11-20)24(31)29(3)18-12-19(13-18)34-4/h5-11,14,18-19H,12-13H2,1-4H3,(H2,26,27,28,30)/t18-,19+. The van der Waals surface area contributed by atoms with Crippen LogP contribution in [-0.2, 0) is 14.8 Å². The lowest BCUT2D eigenvalue weighted by Gasteiger charge is -2.40. The predicted molar refractivity (Wildman–Crippen MR) is 132 cm³/mol. The summed E-state index contributed by atoms with van der Waals surface area (Å²) in [7, 11) is -0.786. The monoisotopic (exact) mass is 496 g/mol. The van der Waals surface area contributed by atoms with Crippen LogP contribution >= 0.6 is 0 Å². The van der Waals surface area contributed by atoms with Crippen molar-refractivity contribution in [1.29, 1.82) is 0 Å². The van der Waals surface area contributed by atoms with E-state index in [2.05, 4.69) is 14.7 Å². The number of nitrogens with one attached hydrogen (secondary N) is 1. The van der Waals surface area contributed by atoms with E-state index >= 15 is 0 Å². The zero-order valence-corrected chi connectivity index (χ0v) is 20.8. The fourth-order valence-corrected chi connectivity index (χ4v) is 5.21. The van der Waals surface area contributed by atoms with E-state index in [4.69, 9.17) is 4.74 Å². The van der Waals surface area contributed by atoms with Gasteiger partial charge in [-0.1, -0.05) is 24.3 Å². The normalized spacial score (nSPS) is 17.5. The van der Waals surface area contributed by atoms with Gasteiger partial charge in [-0.3, -0.25) is 4.79 Å². The summed E-state index contributed by atoms with van der Waals surface area (Å²) in [4.78, 5) is 22.6. The van der Waals surface area contributed by atoms with Crippen LogP contribution in [0.5, 0.6) is 5.88 Å². The zero-order valence-electron chi connectivity index (χ0n) is 20.0. The van der Waals surface area contributed by atoms with Crippen molar-refractivity contribution in [3.05, 3.63) is 65.2 Å². The van der Waals surface area contributed by atoms with Crippen molar-refractivity contribution < 1.29 is 23.1 Å². The Bertz CT molecular complexity index is 1350. The van der Waals surface area contributed by atoms with Gasteiger partial charge >= 0.3 is 0 Å². The van der Waals surface area contributed by atoms with Crippen LogP contribution in [0.4, 0.5) is 5.95 Å². The highest BCUT2D eigenvalue weighted by Crippen LogP contribution is 2.30. The van der Waals surface area contributed by atoms with E-state index in [1.54, 1.807) is 25.1 Å². The van der Waals surface area contributed by atoms with E-state index in [1.807, 2.05) is 32.0 Å². The van der Waals surface area contributed by atoms with Gasteiger partial charge in [0.2, 0.25) is 11.8 Å². The molecule has 1 amide bonds. The maximum Gasteiger partial charge on any atom is 0.264 e. The Kier molecular flexibility index (Phi) is 6.77. The third kappa shape index (κ3) is 5.13. The topological polar surface area (TPSA) is 122 Å². The van der Waals surface area contributed by atoms with E-state index in [0.717, 1.165) is 29.5 Å². The van der Waals surface area contributed by atoms with Gasteiger partial charge in [-0.25, -0.2) is 18.1 Å². The smallest absolute Gasteiger partial charge is 0.264 e. The second-order valence-corrected chi connectivity index (χ2v) is 10.4. The SMILES string of the molecule is CO[C@H]1C[C@@H](N(C)C(=O)c2cccc(S(=O)(=O)Nc3nc(O)cc(-c4c(C)cccc4C)n3)c2)C1. The Morgan fingerprint density at radius 1 is 1.09 bits per heavy atom. The maximum atomic E-state index is 13.1. The first-order chi connectivity index (χ1) is 16.6. The number of carbonyl (C=O) groups excluding carboxylic acids is 1. The Morgan fingerprint density at radius 3 is 2.40 bits per heavy atom. The summed E-state index contributed by atoms with van der Waals surface area (Å²) in [5, 5.41) is 10.2.